The Bertz CT molecular complexity index is 1120. The van der Waals surface area contributed by atoms with Crippen LogP contribution in [0.5, 0.6) is 5.75 Å². The Kier molecular flexibility index (Phi) is 4.72. The number of fused-ring (bicyclic) bond motifs is 1. The van der Waals surface area contributed by atoms with Gasteiger partial charge < -0.3 is 10.1 Å². The van der Waals surface area contributed by atoms with Crippen molar-refractivity contribution in [1.82, 2.24) is 15.0 Å². The van der Waals surface area contributed by atoms with E-state index >= 15 is 0 Å². The van der Waals surface area contributed by atoms with Crippen LogP contribution in [0.15, 0.2) is 66.7 Å². The van der Waals surface area contributed by atoms with Crippen LogP contribution < -0.4 is 10.1 Å². The molecule has 140 valence electrons. The molecule has 4 rings (SSSR count). The lowest BCUT2D eigenvalue weighted by molar-refractivity contribution is -0.118. The fourth-order valence-corrected chi connectivity index (χ4v) is 2.74. The number of amides is 1. The number of ether oxygens (including phenoxy) is 1. The Hall–Kier alpha value is -3.74. The number of rotatable bonds is 5. The van der Waals surface area contributed by atoms with E-state index in [0.29, 0.717) is 28.2 Å². The fourth-order valence-electron chi connectivity index (χ4n) is 2.74. The lowest BCUT2D eigenvalue weighted by Crippen LogP contribution is -2.20. The van der Waals surface area contributed by atoms with E-state index in [1.807, 2.05) is 31.2 Å². The van der Waals surface area contributed by atoms with Crippen LogP contribution in [0.1, 0.15) is 5.56 Å². The molecular formula is C21H17FN4O2. The Balaban J connectivity index is 1.52. The SMILES string of the molecule is Cc1cc2nn(-c3ccc(F)cc3)nc2cc1NC(=O)COc1ccccc1. The van der Waals surface area contributed by atoms with Crippen LogP contribution >= 0.6 is 0 Å². The predicted molar refractivity (Wildman–Crippen MR) is 104 cm³/mol. The standard InChI is InChI=1S/C21H17FN4O2/c1-14-11-19-20(25-26(24-19)16-9-7-15(22)8-10-16)12-18(14)23-21(27)13-28-17-5-3-2-4-6-17/h2-12H,13H2,1H3,(H,23,27). The molecule has 0 aliphatic heterocycles. The zero-order valence-electron chi connectivity index (χ0n) is 15.1. The minimum Gasteiger partial charge on any atom is -0.484 e. The number of hydrogen-bond acceptors (Lipinski definition) is 4. The molecular weight excluding hydrogens is 359 g/mol. The van der Waals surface area contributed by atoms with E-state index in [1.165, 1.54) is 16.9 Å². The Morgan fingerprint density at radius 1 is 1.04 bits per heavy atom. The van der Waals surface area contributed by atoms with Gasteiger partial charge in [0.15, 0.2) is 6.61 Å². The molecule has 1 heterocycles. The number of aromatic nitrogens is 3. The average molecular weight is 376 g/mol. The Labute approximate surface area is 160 Å². The van der Waals surface area contributed by atoms with Gasteiger partial charge in [-0.05, 0) is 61.0 Å². The zero-order chi connectivity index (χ0) is 19.5. The van der Waals surface area contributed by atoms with E-state index in [-0.39, 0.29) is 18.3 Å². The van der Waals surface area contributed by atoms with Crippen molar-refractivity contribution in [2.24, 2.45) is 0 Å². The third kappa shape index (κ3) is 3.83. The van der Waals surface area contributed by atoms with Gasteiger partial charge in [0, 0.05) is 5.69 Å². The van der Waals surface area contributed by atoms with Gasteiger partial charge in [0.25, 0.3) is 5.91 Å². The summed E-state index contributed by atoms with van der Waals surface area (Å²) < 4.78 is 18.6. The van der Waals surface area contributed by atoms with Crippen molar-refractivity contribution in [2.75, 3.05) is 11.9 Å². The molecule has 0 aliphatic carbocycles. The van der Waals surface area contributed by atoms with Crippen molar-refractivity contribution in [3.8, 4) is 11.4 Å². The number of nitrogens with one attached hydrogen (secondary N) is 1. The van der Waals surface area contributed by atoms with Gasteiger partial charge in [0.1, 0.15) is 22.6 Å². The number of aryl methyl sites for hydroxylation is 1. The normalized spacial score (nSPS) is 10.8. The van der Waals surface area contributed by atoms with Crippen LogP contribution in [0.4, 0.5) is 10.1 Å². The van der Waals surface area contributed by atoms with Gasteiger partial charge in [-0.15, -0.1) is 10.2 Å². The number of anilines is 1. The molecule has 4 aromatic rings. The van der Waals surface area contributed by atoms with Crippen LogP contribution in [0.25, 0.3) is 16.7 Å². The number of para-hydroxylation sites is 1. The number of benzene rings is 3. The molecule has 3 aromatic carbocycles. The number of halogens is 1. The van der Waals surface area contributed by atoms with Crippen molar-refractivity contribution in [3.63, 3.8) is 0 Å². The third-order valence-corrected chi connectivity index (χ3v) is 4.17. The smallest absolute Gasteiger partial charge is 0.262 e. The molecule has 1 N–H and O–H groups in total. The van der Waals surface area contributed by atoms with Crippen LogP contribution in [-0.4, -0.2) is 27.5 Å². The van der Waals surface area contributed by atoms with Gasteiger partial charge in [0.2, 0.25) is 0 Å². The molecule has 0 bridgehead atoms. The van der Waals surface area contributed by atoms with E-state index in [0.717, 1.165) is 5.56 Å². The maximum atomic E-state index is 13.1. The van der Waals surface area contributed by atoms with Gasteiger partial charge >= 0.3 is 0 Å². The molecule has 0 atom stereocenters. The second kappa shape index (κ2) is 7.48. The predicted octanol–water partition coefficient (Wildman–Crippen LogP) is 3.89. The zero-order valence-corrected chi connectivity index (χ0v) is 15.1. The summed E-state index contributed by atoms with van der Waals surface area (Å²) in [5.41, 5.74) is 3.44. The van der Waals surface area contributed by atoms with E-state index in [1.54, 1.807) is 30.3 Å². The van der Waals surface area contributed by atoms with Gasteiger partial charge in [-0.1, -0.05) is 18.2 Å². The minimum atomic E-state index is -0.320. The molecule has 1 amide bonds. The highest BCUT2D eigenvalue weighted by molar-refractivity contribution is 5.95. The van der Waals surface area contributed by atoms with Crippen molar-refractivity contribution >= 4 is 22.6 Å². The summed E-state index contributed by atoms with van der Waals surface area (Å²) in [4.78, 5) is 13.7. The molecule has 0 saturated heterocycles. The highest BCUT2D eigenvalue weighted by Crippen LogP contribution is 2.22. The first kappa shape index (κ1) is 17.7. The highest BCUT2D eigenvalue weighted by Gasteiger charge is 2.11. The minimum absolute atomic E-state index is 0.0935. The van der Waals surface area contributed by atoms with E-state index in [9.17, 15) is 9.18 Å². The van der Waals surface area contributed by atoms with Crippen molar-refractivity contribution < 1.29 is 13.9 Å². The van der Waals surface area contributed by atoms with Crippen molar-refractivity contribution in [1.29, 1.82) is 0 Å². The maximum Gasteiger partial charge on any atom is 0.262 e. The largest absolute Gasteiger partial charge is 0.484 e. The van der Waals surface area contributed by atoms with Crippen LogP contribution in [-0.2, 0) is 4.79 Å². The molecule has 0 spiro atoms. The molecule has 0 aliphatic rings. The molecule has 0 fully saturated rings. The van der Waals surface area contributed by atoms with Crippen LogP contribution in [0, 0.1) is 12.7 Å². The van der Waals surface area contributed by atoms with Gasteiger partial charge in [-0.25, -0.2) is 4.39 Å². The molecule has 0 unspecified atom stereocenters. The van der Waals surface area contributed by atoms with E-state index in [4.69, 9.17) is 4.74 Å². The maximum absolute atomic E-state index is 13.1. The van der Waals surface area contributed by atoms with Crippen LogP contribution in [0.3, 0.4) is 0 Å². The molecule has 6 nitrogen and oxygen atoms in total. The summed E-state index contributed by atoms with van der Waals surface area (Å²) in [6, 6.07) is 18.7. The fraction of sp³-hybridized carbons (Fsp3) is 0.0952. The first-order chi connectivity index (χ1) is 13.6. The number of carbonyl (C=O) groups is 1. The summed E-state index contributed by atoms with van der Waals surface area (Å²) >= 11 is 0. The van der Waals surface area contributed by atoms with Gasteiger partial charge in [-0.2, -0.15) is 4.80 Å². The quantitative estimate of drug-likeness (QED) is 0.574. The molecule has 7 heteroatoms. The third-order valence-electron chi connectivity index (χ3n) is 4.17. The first-order valence-corrected chi connectivity index (χ1v) is 8.70. The summed E-state index contributed by atoms with van der Waals surface area (Å²) in [7, 11) is 0. The molecule has 1 aromatic heterocycles. The van der Waals surface area contributed by atoms with E-state index in [2.05, 4.69) is 15.5 Å². The summed E-state index contributed by atoms with van der Waals surface area (Å²) in [6.45, 7) is 1.79. The van der Waals surface area contributed by atoms with Gasteiger partial charge in [0.05, 0.1) is 5.69 Å². The Morgan fingerprint density at radius 2 is 1.71 bits per heavy atom. The van der Waals surface area contributed by atoms with Crippen LogP contribution in [0.2, 0.25) is 0 Å². The Morgan fingerprint density at radius 3 is 2.43 bits per heavy atom. The molecule has 0 saturated carbocycles. The second-order valence-corrected chi connectivity index (χ2v) is 6.27. The topological polar surface area (TPSA) is 69.0 Å². The molecule has 28 heavy (non-hydrogen) atoms. The monoisotopic (exact) mass is 376 g/mol. The summed E-state index contributed by atoms with van der Waals surface area (Å²) in [5.74, 6) is 0.0447. The van der Waals surface area contributed by atoms with Crippen molar-refractivity contribution in [2.45, 2.75) is 6.92 Å². The van der Waals surface area contributed by atoms with Crippen molar-refractivity contribution in [3.05, 3.63) is 78.1 Å². The lowest BCUT2D eigenvalue weighted by atomic mass is 10.1. The lowest BCUT2D eigenvalue weighted by Gasteiger charge is -2.09. The number of hydrogen-bond donors (Lipinski definition) is 1. The average Bonchev–Trinajstić information content (AvgIpc) is 3.10. The second-order valence-electron chi connectivity index (χ2n) is 6.27. The highest BCUT2D eigenvalue weighted by atomic mass is 19.1. The summed E-state index contributed by atoms with van der Waals surface area (Å²) in [5, 5.41) is 11.7. The number of nitrogens with zero attached hydrogens (tertiary/aromatic N) is 3. The summed E-state index contributed by atoms with van der Waals surface area (Å²) in [6.07, 6.45) is 0. The first-order valence-electron chi connectivity index (χ1n) is 8.70. The van der Waals surface area contributed by atoms with E-state index < -0.39 is 0 Å². The number of carbonyl (C=O) groups excluding carboxylic acids is 1. The van der Waals surface area contributed by atoms with Gasteiger partial charge in [-0.3, -0.25) is 4.79 Å². The molecule has 0 radical (unpaired) electrons.